The van der Waals surface area contributed by atoms with Crippen molar-refractivity contribution in [3.63, 3.8) is 0 Å². The number of nitrogens with zero attached hydrogens (tertiary/aromatic N) is 3. The number of aromatic hydroxyl groups is 1. The molecule has 0 spiro atoms. The van der Waals surface area contributed by atoms with Gasteiger partial charge < -0.3 is 10.1 Å². The zero-order chi connectivity index (χ0) is 15.7. The van der Waals surface area contributed by atoms with Gasteiger partial charge in [0.05, 0.1) is 16.1 Å². The van der Waals surface area contributed by atoms with E-state index in [0.717, 1.165) is 4.47 Å². The summed E-state index contributed by atoms with van der Waals surface area (Å²) >= 11 is 3.35. The van der Waals surface area contributed by atoms with E-state index in [9.17, 15) is 15.2 Å². The fourth-order valence-electron chi connectivity index (χ4n) is 2.01. The number of aromatic nitrogens is 1. The minimum Gasteiger partial charge on any atom is -0.493 e. The van der Waals surface area contributed by atoms with Gasteiger partial charge in [0.1, 0.15) is 0 Å². The van der Waals surface area contributed by atoms with Gasteiger partial charge in [0.15, 0.2) is 5.69 Å². The highest BCUT2D eigenvalue weighted by molar-refractivity contribution is 9.10. The molecule has 22 heavy (non-hydrogen) atoms. The molecular formula is C14H9BrN4O3. The molecular weight excluding hydrogens is 352 g/mol. The first-order chi connectivity index (χ1) is 10.5. The first kappa shape index (κ1) is 14.2. The van der Waals surface area contributed by atoms with E-state index in [2.05, 4.69) is 31.1 Å². The number of aromatic amines is 1. The molecule has 110 valence electrons. The summed E-state index contributed by atoms with van der Waals surface area (Å²) < 4.78 is 0.839. The second-order valence-corrected chi connectivity index (χ2v) is 5.40. The summed E-state index contributed by atoms with van der Waals surface area (Å²) in [5, 5.41) is 29.3. The summed E-state index contributed by atoms with van der Waals surface area (Å²) in [7, 11) is 0. The van der Waals surface area contributed by atoms with Crippen LogP contribution >= 0.6 is 15.9 Å². The van der Waals surface area contributed by atoms with E-state index in [-0.39, 0.29) is 17.3 Å². The second-order valence-electron chi connectivity index (χ2n) is 4.49. The zero-order valence-corrected chi connectivity index (χ0v) is 12.6. The van der Waals surface area contributed by atoms with Crippen LogP contribution in [0.3, 0.4) is 0 Å². The Bertz CT molecular complexity index is 904. The van der Waals surface area contributed by atoms with E-state index >= 15 is 0 Å². The Labute approximate surface area is 132 Å². The maximum Gasteiger partial charge on any atom is 0.271 e. The summed E-state index contributed by atoms with van der Waals surface area (Å²) in [5.41, 5.74) is 1.26. The van der Waals surface area contributed by atoms with Crippen LogP contribution in [0.4, 0.5) is 17.1 Å². The van der Waals surface area contributed by atoms with E-state index in [0.29, 0.717) is 16.6 Å². The molecule has 0 aliphatic rings. The first-order valence-electron chi connectivity index (χ1n) is 6.21. The van der Waals surface area contributed by atoms with Gasteiger partial charge in [-0.2, -0.15) is 5.11 Å². The molecule has 1 aromatic heterocycles. The lowest BCUT2D eigenvalue weighted by atomic mass is 10.2. The summed E-state index contributed by atoms with van der Waals surface area (Å²) in [4.78, 5) is 13.0. The number of nitro groups is 1. The summed E-state index contributed by atoms with van der Waals surface area (Å²) in [5.74, 6) is -0.109. The fourth-order valence-corrected chi connectivity index (χ4v) is 2.37. The van der Waals surface area contributed by atoms with E-state index in [1.54, 1.807) is 18.2 Å². The highest BCUT2D eigenvalue weighted by atomic mass is 79.9. The average molecular weight is 361 g/mol. The number of halogens is 1. The van der Waals surface area contributed by atoms with Crippen molar-refractivity contribution in [2.75, 3.05) is 0 Å². The average Bonchev–Trinajstić information content (AvgIpc) is 2.80. The van der Waals surface area contributed by atoms with Crippen molar-refractivity contribution < 1.29 is 10.0 Å². The molecule has 3 aromatic rings. The third kappa shape index (κ3) is 2.68. The van der Waals surface area contributed by atoms with Gasteiger partial charge in [0, 0.05) is 22.0 Å². The van der Waals surface area contributed by atoms with Crippen LogP contribution in [0.5, 0.6) is 5.88 Å². The van der Waals surface area contributed by atoms with Crippen LogP contribution in [0, 0.1) is 10.1 Å². The normalized spacial score (nSPS) is 11.3. The second kappa shape index (κ2) is 5.57. The minimum atomic E-state index is -0.501. The number of nitrogens with one attached hydrogen (secondary N) is 1. The molecule has 2 N–H and O–H groups in total. The Kier molecular flexibility index (Phi) is 3.60. The van der Waals surface area contributed by atoms with Gasteiger partial charge in [0.2, 0.25) is 5.88 Å². The maximum atomic E-state index is 10.7. The molecule has 0 aliphatic heterocycles. The van der Waals surface area contributed by atoms with Crippen LogP contribution in [-0.4, -0.2) is 15.0 Å². The lowest BCUT2D eigenvalue weighted by Crippen LogP contribution is -1.85. The lowest BCUT2D eigenvalue weighted by molar-refractivity contribution is -0.384. The maximum absolute atomic E-state index is 10.7. The molecule has 0 saturated carbocycles. The topological polar surface area (TPSA) is 104 Å². The van der Waals surface area contributed by atoms with Crippen molar-refractivity contribution in [1.82, 2.24) is 4.98 Å². The molecule has 1 heterocycles. The number of rotatable bonds is 3. The summed E-state index contributed by atoms with van der Waals surface area (Å²) in [6.45, 7) is 0. The molecule has 8 heteroatoms. The zero-order valence-electron chi connectivity index (χ0n) is 11.0. The number of non-ortho nitro benzene ring substituents is 1. The van der Waals surface area contributed by atoms with Crippen LogP contribution in [-0.2, 0) is 0 Å². The smallest absolute Gasteiger partial charge is 0.271 e. The number of H-pyrrole nitrogens is 1. The van der Waals surface area contributed by atoms with E-state index < -0.39 is 4.92 Å². The molecule has 0 saturated heterocycles. The lowest BCUT2D eigenvalue weighted by Gasteiger charge is -1.95. The molecule has 7 nitrogen and oxygen atoms in total. The molecule has 0 fully saturated rings. The van der Waals surface area contributed by atoms with Gasteiger partial charge in [-0.1, -0.05) is 22.0 Å². The number of nitro benzene ring substituents is 1. The molecule has 0 aliphatic carbocycles. The monoisotopic (exact) mass is 360 g/mol. The molecule has 0 bridgehead atoms. The van der Waals surface area contributed by atoms with Crippen molar-refractivity contribution in [3.05, 3.63) is 57.1 Å². The Morgan fingerprint density at radius 1 is 1.18 bits per heavy atom. The van der Waals surface area contributed by atoms with Crippen LogP contribution in [0.15, 0.2) is 57.2 Å². The summed E-state index contributed by atoms with van der Waals surface area (Å²) in [6, 6.07) is 11.2. The van der Waals surface area contributed by atoms with Crippen molar-refractivity contribution in [2.45, 2.75) is 0 Å². The van der Waals surface area contributed by atoms with E-state index in [4.69, 9.17) is 0 Å². The third-order valence-corrected chi connectivity index (χ3v) is 3.51. The predicted octanol–water partition coefficient (Wildman–Crippen LogP) is 4.96. The van der Waals surface area contributed by atoms with Crippen LogP contribution in [0.1, 0.15) is 0 Å². The van der Waals surface area contributed by atoms with Crippen LogP contribution < -0.4 is 0 Å². The summed E-state index contributed by atoms with van der Waals surface area (Å²) in [6.07, 6.45) is 0. The SMILES string of the molecule is O=[N+]([O-])c1cccc(N=Nc2c(O)[nH]c3ccc(Br)cc23)c1. The van der Waals surface area contributed by atoms with Gasteiger partial charge in [-0.05, 0) is 24.3 Å². The van der Waals surface area contributed by atoms with Gasteiger partial charge in [-0.25, -0.2) is 0 Å². The Morgan fingerprint density at radius 2 is 2.00 bits per heavy atom. The van der Waals surface area contributed by atoms with Crippen molar-refractivity contribution in [1.29, 1.82) is 0 Å². The highest BCUT2D eigenvalue weighted by Gasteiger charge is 2.11. The van der Waals surface area contributed by atoms with Gasteiger partial charge >= 0.3 is 0 Å². The fraction of sp³-hybridized carbons (Fsp3) is 0. The van der Waals surface area contributed by atoms with Gasteiger partial charge in [-0.15, -0.1) is 5.11 Å². The molecule has 0 unspecified atom stereocenters. The largest absolute Gasteiger partial charge is 0.493 e. The van der Waals surface area contributed by atoms with Crippen LogP contribution in [0.2, 0.25) is 0 Å². The highest BCUT2D eigenvalue weighted by Crippen LogP contribution is 2.37. The molecule has 2 aromatic carbocycles. The molecule has 0 radical (unpaired) electrons. The number of fused-ring (bicyclic) bond motifs is 1. The van der Waals surface area contributed by atoms with Gasteiger partial charge in [0.25, 0.3) is 5.69 Å². The predicted molar refractivity (Wildman–Crippen MR) is 84.9 cm³/mol. The minimum absolute atomic E-state index is 0.0673. The van der Waals surface area contributed by atoms with Gasteiger partial charge in [-0.3, -0.25) is 10.1 Å². The number of hydrogen-bond acceptors (Lipinski definition) is 5. The number of benzene rings is 2. The third-order valence-electron chi connectivity index (χ3n) is 3.02. The van der Waals surface area contributed by atoms with E-state index in [1.165, 1.54) is 18.2 Å². The van der Waals surface area contributed by atoms with E-state index in [1.807, 2.05) is 6.07 Å². The molecule has 3 rings (SSSR count). The Hall–Kier alpha value is -2.74. The van der Waals surface area contributed by atoms with Crippen molar-refractivity contribution in [3.8, 4) is 5.88 Å². The number of hydrogen-bond donors (Lipinski definition) is 2. The molecule has 0 amide bonds. The quantitative estimate of drug-likeness (QED) is 0.391. The van der Waals surface area contributed by atoms with Crippen LogP contribution in [0.25, 0.3) is 10.9 Å². The standard InChI is InChI=1S/C14H9BrN4O3/c15-8-4-5-12-11(6-8)13(14(20)16-12)18-17-9-2-1-3-10(7-9)19(21)22/h1-7,16,20H. The number of azo groups is 1. The van der Waals surface area contributed by atoms with Crippen molar-refractivity contribution >= 4 is 43.9 Å². The Balaban J connectivity index is 2.02. The first-order valence-corrected chi connectivity index (χ1v) is 7.00. The Morgan fingerprint density at radius 3 is 2.77 bits per heavy atom. The molecule has 0 atom stereocenters. The van der Waals surface area contributed by atoms with Crippen molar-refractivity contribution in [2.24, 2.45) is 10.2 Å².